The number of nitrogens with two attached hydrogens (primary N) is 1. The van der Waals surface area contributed by atoms with E-state index in [0.717, 1.165) is 16.9 Å². The fourth-order valence-corrected chi connectivity index (χ4v) is 3.22. The zero-order chi connectivity index (χ0) is 11.8. The first-order valence-electron chi connectivity index (χ1n) is 5.24. The molecular weight excluding hydrogens is 226 g/mol. The summed E-state index contributed by atoms with van der Waals surface area (Å²) in [6.45, 7) is 2.64. The fourth-order valence-electron chi connectivity index (χ4n) is 2.03. The lowest BCUT2D eigenvalue weighted by atomic mass is 9.93. The number of hydrogen-bond donors (Lipinski definition) is 2. The first kappa shape index (κ1) is 11.6. The Labute approximate surface area is 98.0 Å². The number of ether oxygens (including phenoxy) is 1. The fraction of sp³-hybridized carbons (Fsp3) is 0.545. The summed E-state index contributed by atoms with van der Waals surface area (Å²) in [4.78, 5) is 12.7. The Kier molecular flexibility index (Phi) is 3.01. The molecule has 2 rings (SSSR count). The standard InChI is InChI=1S/C11H15NO3S/c1-11(3-4-13)9-7(2-5-15-11)6-8(16-9)10(12)14/h6,13H,2-5H2,1H3,(H2,12,14). The molecule has 0 bridgehead atoms. The Morgan fingerprint density at radius 1 is 1.75 bits per heavy atom. The van der Waals surface area contributed by atoms with Gasteiger partial charge in [-0.3, -0.25) is 4.79 Å². The summed E-state index contributed by atoms with van der Waals surface area (Å²) in [7, 11) is 0. The van der Waals surface area contributed by atoms with Crippen molar-refractivity contribution in [2.75, 3.05) is 13.2 Å². The number of aliphatic hydroxyl groups is 1. The van der Waals surface area contributed by atoms with Crippen molar-refractivity contribution in [3.8, 4) is 0 Å². The molecule has 1 atom stereocenters. The van der Waals surface area contributed by atoms with Crippen LogP contribution in [0, 0.1) is 0 Å². The van der Waals surface area contributed by atoms with Gasteiger partial charge in [-0.05, 0) is 25.0 Å². The molecule has 0 radical (unpaired) electrons. The van der Waals surface area contributed by atoms with Gasteiger partial charge in [0.15, 0.2) is 0 Å². The third kappa shape index (κ3) is 1.86. The predicted molar refractivity (Wildman–Crippen MR) is 61.5 cm³/mol. The van der Waals surface area contributed by atoms with Gasteiger partial charge in [0.1, 0.15) is 5.60 Å². The SMILES string of the molecule is CC1(CCO)OCCc2cc(C(N)=O)sc21. The van der Waals surface area contributed by atoms with E-state index < -0.39 is 11.5 Å². The van der Waals surface area contributed by atoms with Gasteiger partial charge < -0.3 is 15.6 Å². The first-order valence-corrected chi connectivity index (χ1v) is 6.06. The number of fused-ring (bicyclic) bond motifs is 1. The average Bonchev–Trinajstić information content (AvgIpc) is 2.63. The highest BCUT2D eigenvalue weighted by molar-refractivity contribution is 7.14. The van der Waals surface area contributed by atoms with Crippen molar-refractivity contribution in [3.63, 3.8) is 0 Å². The molecule has 0 saturated heterocycles. The highest BCUT2D eigenvalue weighted by atomic mass is 32.1. The minimum atomic E-state index is -0.472. The number of amides is 1. The van der Waals surface area contributed by atoms with Crippen molar-refractivity contribution in [2.45, 2.75) is 25.4 Å². The minimum Gasteiger partial charge on any atom is -0.396 e. The molecule has 88 valence electrons. The second kappa shape index (κ2) is 4.16. The molecule has 0 aliphatic carbocycles. The monoisotopic (exact) mass is 241 g/mol. The largest absolute Gasteiger partial charge is 0.396 e. The van der Waals surface area contributed by atoms with Crippen LogP contribution in [0.1, 0.15) is 33.5 Å². The molecule has 2 heterocycles. The van der Waals surface area contributed by atoms with Crippen LogP contribution in [0.2, 0.25) is 0 Å². The quantitative estimate of drug-likeness (QED) is 0.829. The maximum absolute atomic E-state index is 11.1. The normalized spacial score (nSPS) is 24.1. The average molecular weight is 241 g/mol. The molecule has 0 spiro atoms. The van der Waals surface area contributed by atoms with Gasteiger partial charge in [-0.1, -0.05) is 0 Å². The van der Waals surface area contributed by atoms with E-state index in [1.54, 1.807) is 0 Å². The van der Waals surface area contributed by atoms with Gasteiger partial charge in [0.25, 0.3) is 5.91 Å². The van der Waals surface area contributed by atoms with E-state index in [1.807, 2.05) is 13.0 Å². The second-order valence-electron chi connectivity index (χ2n) is 4.13. The second-order valence-corrected chi connectivity index (χ2v) is 5.18. The third-order valence-electron chi connectivity index (χ3n) is 2.91. The summed E-state index contributed by atoms with van der Waals surface area (Å²) in [5.41, 5.74) is 5.92. The van der Waals surface area contributed by atoms with Crippen molar-refractivity contribution in [1.29, 1.82) is 0 Å². The highest BCUT2D eigenvalue weighted by Gasteiger charge is 2.35. The number of carbonyl (C=O) groups excluding carboxylic acids is 1. The van der Waals surface area contributed by atoms with E-state index in [-0.39, 0.29) is 6.61 Å². The molecule has 1 aliphatic heterocycles. The highest BCUT2D eigenvalue weighted by Crippen LogP contribution is 2.40. The van der Waals surface area contributed by atoms with Crippen LogP contribution in [0.15, 0.2) is 6.07 Å². The van der Waals surface area contributed by atoms with E-state index in [2.05, 4.69) is 0 Å². The van der Waals surface area contributed by atoms with Crippen LogP contribution in [0.25, 0.3) is 0 Å². The summed E-state index contributed by atoms with van der Waals surface area (Å²) in [6, 6.07) is 1.85. The third-order valence-corrected chi connectivity index (χ3v) is 4.35. The van der Waals surface area contributed by atoms with Gasteiger partial charge in [0, 0.05) is 17.9 Å². The Morgan fingerprint density at radius 2 is 2.50 bits per heavy atom. The molecule has 1 aliphatic rings. The Bertz CT molecular complexity index is 415. The van der Waals surface area contributed by atoms with Gasteiger partial charge in [-0.2, -0.15) is 0 Å². The molecule has 1 aromatic heterocycles. The van der Waals surface area contributed by atoms with E-state index in [1.165, 1.54) is 11.3 Å². The summed E-state index contributed by atoms with van der Waals surface area (Å²) in [6.07, 6.45) is 1.35. The lowest BCUT2D eigenvalue weighted by Gasteiger charge is -2.33. The molecule has 1 unspecified atom stereocenters. The van der Waals surface area contributed by atoms with Gasteiger partial charge in [0.2, 0.25) is 0 Å². The molecular formula is C11H15NO3S. The van der Waals surface area contributed by atoms with Gasteiger partial charge in [-0.15, -0.1) is 11.3 Å². The van der Waals surface area contributed by atoms with Gasteiger partial charge in [-0.25, -0.2) is 0 Å². The Hall–Kier alpha value is -0.910. The molecule has 16 heavy (non-hydrogen) atoms. The maximum atomic E-state index is 11.1. The topological polar surface area (TPSA) is 72.6 Å². The van der Waals surface area contributed by atoms with E-state index in [4.69, 9.17) is 15.6 Å². The number of thiophene rings is 1. The van der Waals surface area contributed by atoms with Crippen molar-refractivity contribution in [1.82, 2.24) is 0 Å². The zero-order valence-electron chi connectivity index (χ0n) is 9.16. The van der Waals surface area contributed by atoms with Crippen molar-refractivity contribution in [2.24, 2.45) is 5.73 Å². The van der Waals surface area contributed by atoms with E-state index in [9.17, 15) is 4.79 Å². The number of carbonyl (C=O) groups is 1. The van der Waals surface area contributed by atoms with E-state index in [0.29, 0.717) is 17.9 Å². The Morgan fingerprint density at radius 3 is 3.12 bits per heavy atom. The molecule has 1 amide bonds. The van der Waals surface area contributed by atoms with Crippen LogP contribution in [0.4, 0.5) is 0 Å². The summed E-state index contributed by atoms with van der Waals surface area (Å²) in [5, 5.41) is 9.06. The van der Waals surface area contributed by atoms with Crippen molar-refractivity contribution in [3.05, 3.63) is 21.4 Å². The molecule has 0 saturated carbocycles. The molecule has 1 aromatic rings. The van der Waals surface area contributed by atoms with Crippen LogP contribution in [0.5, 0.6) is 0 Å². The molecule has 3 N–H and O–H groups in total. The number of rotatable bonds is 3. The van der Waals surface area contributed by atoms with Crippen LogP contribution in [-0.4, -0.2) is 24.2 Å². The number of hydrogen-bond acceptors (Lipinski definition) is 4. The lowest BCUT2D eigenvalue weighted by Crippen LogP contribution is -2.32. The van der Waals surface area contributed by atoms with E-state index >= 15 is 0 Å². The van der Waals surface area contributed by atoms with Crippen molar-refractivity contribution < 1.29 is 14.6 Å². The zero-order valence-corrected chi connectivity index (χ0v) is 9.97. The maximum Gasteiger partial charge on any atom is 0.258 e. The minimum absolute atomic E-state index is 0.0692. The molecule has 5 heteroatoms. The lowest BCUT2D eigenvalue weighted by molar-refractivity contribution is -0.0574. The number of aliphatic hydroxyl groups excluding tert-OH is 1. The van der Waals surface area contributed by atoms with Crippen LogP contribution >= 0.6 is 11.3 Å². The predicted octanol–water partition coefficient (Wildman–Crippen LogP) is 1.02. The summed E-state index contributed by atoms with van der Waals surface area (Å²) >= 11 is 1.38. The van der Waals surface area contributed by atoms with Gasteiger partial charge >= 0.3 is 0 Å². The summed E-state index contributed by atoms with van der Waals surface area (Å²) in [5.74, 6) is -0.397. The molecule has 4 nitrogen and oxygen atoms in total. The number of primary amides is 1. The Balaban J connectivity index is 2.41. The van der Waals surface area contributed by atoms with Crippen molar-refractivity contribution >= 4 is 17.2 Å². The summed E-state index contributed by atoms with van der Waals surface area (Å²) < 4.78 is 5.72. The van der Waals surface area contributed by atoms with Crippen LogP contribution in [-0.2, 0) is 16.8 Å². The first-order chi connectivity index (χ1) is 7.57. The van der Waals surface area contributed by atoms with Crippen LogP contribution in [0.3, 0.4) is 0 Å². The smallest absolute Gasteiger partial charge is 0.258 e. The molecule has 0 aromatic carbocycles. The van der Waals surface area contributed by atoms with Crippen LogP contribution < -0.4 is 5.73 Å². The van der Waals surface area contributed by atoms with Gasteiger partial charge in [0.05, 0.1) is 11.5 Å². The molecule has 0 fully saturated rings.